The fourth-order valence-electron chi connectivity index (χ4n) is 2.89. The Kier molecular flexibility index (Phi) is 4.11. The van der Waals surface area contributed by atoms with E-state index < -0.39 is 0 Å². The summed E-state index contributed by atoms with van der Waals surface area (Å²) in [5.41, 5.74) is 1.08. The SMILES string of the molecule is O=C(OCC1CC=CCC1)C1CC1c1ccccc1Cl. The van der Waals surface area contributed by atoms with Crippen molar-refractivity contribution in [2.24, 2.45) is 11.8 Å². The Labute approximate surface area is 124 Å². The van der Waals surface area contributed by atoms with E-state index in [1.807, 2.05) is 24.3 Å². The van der Waals surface area contributed by atoms with Gasteiger partial charge in [-0.05, 0) is 49.1 Å². The third-order valence-electron chi connectivity index (χ3n) is 4.24. The summed E-state index contributed by atoms with van der Waals surface area (Å²) >= 11 is 6.17. The molecule has 2 aliphatic rings. The molecule has 0 heterocycles. The van der Waals surface area contributed by atoms with Gasteiger partial charge in [0.2, 0.25) is 0 Å². The molecule has 0 bridgehead atoms. The first-order valence-electron chi connectivity index (χ1n) is 7.32. The number of halogens is 1. The van der Waals surface area contributed by atoms with Crippen LogP contribution >= 0.6 is 11.6 Å². The minimum atomic E-state index is -0.0514. The van der Waals surface area contributed by atoms with E-state index in [1.165, 1.54) is 0 Å². The zero-order valence-electron chi connectivity index (χ0n) is 11.4. The Morgan fingerprint density at radius 3 is 2.90 bits per heavy atom. The van der Waals surface area contributed by atoms with Gasteiger partial charge in [0.15, 0.2) is 0 Å². The molecule has 1 aromatic rings. The minimum Gasteiger partial charge on any atom is -0.465 e. The van der Waals surface area contributed by atoms with Crippen LogP contribution in [0.15, 0.2) is 36.4 Å². The highest BCUT2D eigenvalue weighted by atomic mass is 35.5. The van der Waals surface area contributed by atoms with Crippen molar-refractivity contribution in [2.45, 2.75) is 31.6 Å². The van der Waals surface area contributed by atoms with E-state index in [9.17, 15) is 4.79 Å². The number of ether oxygens (including phenoxy) is 1. The maximum absolute atomic E-state index is 12.1. The van der Waals surface area contributed by atoms with Gasteiger partial charge in [-0.1, -0.05) is 42.0 Å². The fraction of sp³-hybridized carbons (Fsp3) is 0.471. The Morgan fingerprint density at radius 2 is 2.15 bits per heavy atom. The molecule has 0 aromatic heterocycles. The average molecular weight is 291 g/mol. The number of carbonyl (C=O) groups excluding carboxylic acids is 1. The van der Waals surface area contributed by atoms with Crippen LogP contribution in [-0.2, 0) is 9.53 Å². The highest BCUT2D eigenvalue weighted by molar-refractivity contribution is 6.31. The molecule has 3 unspecified atom stereocenters. The van der Waals surface area contributed by atoms with E-state index in [2.05, 4.69) is 12.2 Å². The van der Waals surface area contributed by atoms with Crippen molar-refractivity contribution in [3.63, 3.8) is 0 Å². The van der Waals surface area contributed by atoms with Crippen LogP contribution in [0.2, 0.25) is 5.02 Å². The third-order valence-corrected chi connectivity index (χ3v) is 4.58. The van der Waals surface area contributed by atoms with E-state index in [0.29, 0.717) is 12.5 Å². The normalized spacial score (nSPS) is 28.1. The lowest BCUT2D eigenvalue weighted by molar-refractivity contribution is -0.146. The van der Waals surface area contributed by atoms with Gasteiger partial charge in [-0.25, -0.2) is 0 Å². The number of rotatable bonds is 4. The maximum Gasteiger partial charge on any atom is 0.309 e. The number of hydrogen-bond donors (Lipinski definition) is 0. The van der Waals surface area contributed by atoms with Crippen LogP contribution in [0, 0.1) is 11.8 Å². The predicted octanol–water partition coefficient (Wildman–Crippen LogP) is 4.34. The second-order valence-electron chi connectivity index (χ2n) is 5.75. The van der Waals surface area contributed by atoms with E-state index in [4.69, 9.17) is 16.3 Å². The summed E-state index contributed by atoms with van der Waals surface area (Å²) in [5.74, 6) is 0.711. The van der Waals surface area contributed by atoms with E-state index in [-0.39, 0.29) is 17.8 Å². The van der Waals surface area contributed by atoms with Crippen molar-refractivity contribution >= 4 is 17.6 Å². The highest BCUT2D eigenvalue weighted by Gasteiger charge is 2.46. The maximum atomic E-state index is 12.1. The van der Waals surface area contributed by atoms with E-state index in [0.717, 1.165) is 36.3 Å². The van der Waals surface area contributed by atoms with Gasteiger partial charge in [-0.2, -0.15) is 0 Å². The molecular formula is C17H19ClO2. The summed E-state index contributed by atoms with van der Waals surface area (Å²) in [7, 11) is 0. The van der Waals surface area contributed by atoms with Crippen LogP contribution in [0.3, 0.4) is 0 Å². The van der Waals surface area contributed by atoms with Gasteiger partial charge in [0.05, 0.1) is 12.5 Å². The molecule has 1 aromatic carbocycles. The van der Waals surface area contributed by atoms with Crippen LogP contribution in [0.1, 0.15) is 37.2 Å². The number of carbonyl (C=O) groups is 1. The van der Waals surface area contributed by atoms with Crippen molar-refractivity contribution in [3.8, 4) is 0 Å². The standard InChI is InChI=1S/C17H19ClO2/c18-16-9-5-4-8-13(16)14-10-15(14)17(19)20-11-12-6-2-1-3-7-12/h1-2,4-5,8-9,12,14-15H,3,6-7,10-11H2. The van der Waals surface area contributed by atoms with E-state index >= 15 is 0 Å². The van der Waals surface area contributed by atoms with Crippen molar-refractivity contribution in [1.29, 1.82) is 0 Å². The summed E-state index contributed by atoms with van der Waals surface area (Å²) in [6.07, 6.45) is 8.52. The first kappa shape index (κ1) is 13.7. The molecule has 3 rings (SSSR count). The molecule has 0 amide bonds. The molecule has 3 atom stereocenters. The van der Waals surface area contributed by atoms with Gasteiger partial charge in [0.1, 0.15) is 0 Å². The van der Waals surface area contributed by atoms with Gasteiger partial charge in [0, 0.05) is 5.02 Å². The molecule has 0 saturated heterocycles. The molecule has 0 aliphatic heterocycles. The quantitative estimate of drug-likeness (QED) is 0.609. The highest BCUT2D eigenvalue weighted by Crippen LogP contribution is 2.50. The summed E-state index contributed by atoms with van der Waals surface area (Å²) in [4.78, 5) is 12.1. The topological polar surface area (TPSA) is 26.3 Å². The number of allylic oxidation sites excluding steroid dienone is 2. The lowest BCUT2D eigenvalue weighted by Gasteiger charge is -2.17. The summed E-state index contributed by atoms with van der Waals surface area (Å²) in [6, 6.07) is 7.77. The number of benzene rings is 1. The predicted molar refractivity (Wildman–Crippen MR) is 79.7 cm³/mol. The van der Waals surface area contributed by atoms with Crippen molar-refractivity contribution in [2.75, 3.05) is 6.61 Å². The van der Waals surface area contributed by atoms with Gasteiger partial charge in [0.25, 0.3) is 0 Å². The van der Waals surface area contributed by atoms with Crippen molar-refractivity contribution in [1.82, 2.24) is 0 Å². The van der Waals surface area contributed by atoms with Crippen LogP contribution in [0.5, 0.6) is 0 Å². The van der Waals surface area contributed by atoms with Crippen LogP contribution in [-0.4, -0.2) is 12.6 Å². The molecule has 106 valence electrons. The zero-order chi connectivity index (χ0) is 13.9. The van der Waals surface area contributed by atoms with Crippen LogP contribution in [0.4, 0.5) is 0 Å². The molecule has 2 aliphatic carbocycles. The smallest absolute Gasteiger partial charge is 0.309 e. The molecular weight excluding hydrogens is 272 g/mol. The summed E-state index contributed by atoms with van der Waals surface area (Å²) in [5, 5.41) is 0.755. The molecule has 20 heavy (non-hydrogen) atoms. The number of esters is 1. The molecule has 1 fully saturated rings. The van der Waals surface area contributed by atoms with Gasteiger partial charge in [-0.3, -0.25) is 4.79 Å². The Morgan fingerprint density at radius 1 is 1.30 bits per heavy atom. The molecule has 0 N–H and O–H groups in total. The largest absolute Gasteiger partial charge is 0.465 e. The van der Waals surface area contributed by atoms with Crippen molar-refractivity contribution < 1.29 is 9.53 Å². The Balaban J connectivity index is 1.50. The second kappa shape index (κ2) is 6.01. The first-order chi connectivity index (χ1) is 9.75. The summed E-state index contributed by atoms with van der Waals surface area (Å²) in [6.45, 7) is 0.564. The Bertz CT molecular complexity index is 523. The van der Waals surface area contributed by atoms with E-state index in [1.54, 1.807) is 0 Å². The van der Waals surface area contributed by atoms with Gasteiger partial charge >= 0.3 is 5.97 Å². The molecule has 0 radical (unpaired) electrons. The van der Waals surface area contributed by atoms with Gasteiger partial charge in [-0.15, -0.1) is 0 Å². The van der Waals surface area contributed by atoms with Crippen molar-refractivity contribution in [3.05, 3.63) is 47.0 Å². The second-order valence-corrected chi connectivity index (χ2v) is 6.16. The first-order valence-corrected chi connectivity index (χ1v) is 7.69. The Hall–Kier alpha value is -1.28. The number of hydrogen-bond acceptors (Lipinski definition) is 2. The summed E-state index contributed by atoms with van der Waals surface area (Å²) < 4.78 is 5.48. The molecule has 3 heteroatoms. The monoisotopic (exact) mass is 290 g/mol. The van der Waals surface area contributed by atoms with Gasteiger partial charge < -0.3 is 4.74 Å². The molecule has 1 saturated carbocycles. The zero-order valence-corrected chi connectivity index (χ0v) is 12.2. The molecule has 0 spiro atoms. The molecule has 2 nitrogen and oxygen atoms in total. The average Bonchev–Trinajstić information content (AvgIpc) is 3.27. The minimum absolute atomic E-state index is 0.00836. The van der Waals surface area contributed by atoms with Crippen LogP contribution in [0.25, 0.3) is 0 Å². The lowest BCUT2D eigenvalue weighted by Crippen LogP contribution is -2.16. The lowest BCUT2D eigenvalue weighted by atomic mass is 9.95. The third kappa shape index (κ3) is 3.06. The van der Waals surface area contributed by atoms with Crippen LogP contribution < -0.4 is 0 Å². The fourth-order valence-corrected chi connectivity index (χ4v) is 3.17.